The van der Waals surface area contributed by atoms with Crippen LogP contribution in [0.15, 0.2) is 42.6 Å². The zero-order chi connectivity index (χ0) is 28.8. The third kappa shape index (κ3) is 4.63. The molecule has 216 valence electrons. The van der Waals surface area contributed by atoms with Crippen molar-refractivity contribution in [3.63, 3.8) is 0 Å². The summed E-state index contributed by atoms with van der Waals surface area (Å²) >= 11 is 0. The molecule has 2 aromatic carbocycles. The van der Waals surface area contributed by atoms with Gasteiger partial charge in [0.05, 0.1) is 12.5 Å². The average molecular weight is 569 g/mol. The van der Waals surface area contributed by atoms with Gasteiger partial charge in [-0.25, -0.2) is 8.78 Å². The molecule has 4 aromatic rings. The van der Waals surface area contributed by atoms with Gasteiger partial charge in [0.1, 0.15) is 23.2 Å². The van der Waals surface area contributed by atoms with E-state index < -0.39 is 12.0 Å². The van der Waals surface area contributed by atoms with Crippen LogP contribution < -0.4 is 15.0 Å². The van der Waals surface area contributed by atoms with E-state index in [9.17, 15) is 4.39 Å². The lowest BCUT2D eigenvalue weighted by Crippen LogP contribution is -2.58. The van der Waals surface area contributed by atoms with Crippen LogP contribution in [0.25, 0.3) is 32.9 Å². The summed E-state index contributed by atoms with van der Waals surface area (Å²) in [5.41, 5.74) is 1.87. The second kappa shape index (κ2) is 10.8. The predicted molar refractivity (Wildman–Crippen MR) is 161 cm³/mol. The van der Waals surface area contributed by atoms with Crippen molar-refractivity contribution < 1.29 is 13.5 Å². The molecule has 1 N–H and O–H groups in total. The number of nitrogens with one attached hydrogen (secondary N) is 1. The minimum atomic E-state index is -0.518. The highest BCUT2D eigenvalue weighted by molar-refractivity contribution is 6.02. The number of aromatic nitrogens is 3. The maximum Gasteiger partial charge on any atom is 0.318 e. The maximum absolute atomic E-state index is 16.0. The highest BCUT2D eigenvalue weighted by Gasteiger charge is 2.43. The van der Waals surface area contributed by atoms with Crippen LogP contribution in [0.2, 0.25) is 0 Å². The first kappa shape index (κ1) is 27.0. The lowest BCUT2D eigenvalue weighted by atomic mass is 9.87. The number of rotatable bonds is 3. The largest absolute Gasteiger partial charge is 0.467 e. The third-order valence-corrected chi connectivity index (χ3v) is 9.36. The molecule has 8 rings (SSSR count). The van der Waals surface area contributed by atoms with Crippen LogP contribution in [0, 0.1) is 18.2 Å². The van der Waals surface area contributed by atoms with Gasteiger partial charge >= 0.3 is 6.01 Å². The summed E-state index contributed by atoms with van der Waals surface area (Å²) in [6.45, 7) is 4.54. The number of terminal acetylenes is 1. The molecule has 0 radical (unpaired) electrons. The van der Waals surface area contributed by atoms with Crippen molar-refractivity contribution >= 4 is 27.5 Å². The predicted octanol–water partition coefficient (Wildman–Crippen LogP) is 5.11. The van der Waals surface area contributed by atoms with E-state index in [1.165, 1.54) is 20.0 Å². The van der Waals surface area contributed by atoms with E-state index >= 15 is 4.39 Å². The highest BCUT2D eigenvalue weighted by atomic mass is 19.1. The van der Waals surface area contributed by atoms with E-state index in [0.29, 0.717) is 34.9 Å². The Morgan fingerprint density at radius 1 is 1.14 bits per heavy atom. The Hall–Kier alpha value is -3.87. The lowest BCUT2D eigenvalue weighted by Gasteiger charge is -2.39. The van der Waals surface area contributed by atoms with Gasteiger partial charge in [0.15, 0.2) is 5.82 Å². The molecule has 9 heteroatoms. The second-order valence-electron chi connectivity index (χ2n) is 11.8. The first-order valence-electron chi connectivity index (χ1n) is 14.8. The summed E-state index contributed by atoms with van der Waals surface area (Å²) in [4.78, 5) is 18.0. The molecule has 1 spiro atoms. The van der Waals surface area contributed by atoms with Crippen molar-refractivity contribution in [2.45, 2.75) is 49.9 Å². The summed E-state index contributed by atoms with van der Waals surface area (Å²) in [7, 11) is 1.49. The number of halogens is 2. The molecule has 0 bridgehead atoms. The molecule has 3 unspecified atom stereocenters. The SMILES string of the molecule is C#Cc1cccc2cccc(-c3ncc4c(N5CCC6(CCN6)C5)nc(OC)nc4c3F)c12.FC1CC2CCCN2C1. The molecular weight excluding hydrogens is 534 g/mol. The molecule has 4 aliphatic rings. The molecule has 0 aliphatic carbocycles. The molecule has 3 atom stereocenters. The number of hydrogen-bond acceptors (Lipinski definition) is 7. The van der Waals surface area contributed by atoms with Crippen molar-refractivity contribution in [2.24, 2.45) is 0 Å². The van der Waals surface area contributed by atoms with Gasteiger partial charge in [-0.15, -0.1) is 6.42 Å². The molecule has 7 nitrogen and oxygen atoms in total. The molecule has 0 saturated carbocycles. The number of anilines is 1. The summed E-state index contributed by atoms with van der Waals surface area (Å²) in [6.07, 6.45) is 12.4. The fraction of sp³-hybridized carbons (Fsp3) is 0.424. The van der Waals surface area contributed by atoms with Crippen molar-refractivity contribution in [3.8, 4) is 29.6 Å². The van der Waals surface area contributed by atoms with Crippen LogP contribution in [0.1, 0.15) is 37.7 Å². The maximum atomic E-state index is 16.0. The van der Waals surface area contributed by atoms with E-state index in [4.69, 9.17) is 11.2 Å². The van der Waals surface area contributed by atoms with Gasteiger partial charge in [0.2, 0.25) is 0 Å². The molecule has 4 aliphatic heterocycles. The number of alkyl halides is 1. The number of fused-ring (bicyclic) bond motifs is 3. The quantitative estimate of drug-likeness (QED) is 0.345. The Kier molecular flexibility index (Phi) is 6.91. The normalized spacial score (nSPS) is 24.9. The Morgan fingerprint density at radius 2 is 1.98 bits per heavy atom. The average Bonchev–Trinajstić information content (AvgIpc) is 3.72. The van der Waals surface area contributed by atoms with Crippen LogP contribution in [-0.2, 0) is 0 Å². The van der Waals surface area contributed by atoms with Gasteiger partial charge in [-0.05, 0) is 56.6 Å². The molecule has 0 amide bonds. The van der Waals surface area contributed by atoms with Crippen LogP contribution >= 0.6 is 0 Å². The minimum Gasteiger partial charge on any atom is -0.467 e. The summed E-state index contributed by atoms with van der Waals surface area (Å²) in [5.74, 6) is 2.86. The number of ether oxygens (including phenoxy) is 1. The van der Waals surface area contributed by atoms with E-state index in [1.807, 2.05) is 36.4 Å². The van der Waals surface area contributed by atoms with E-state index in [1.54, 1.807) is 6.20 Å². The third-order valence-electron chi connectivity index (χ3n) is 9.36. The van der Waals surface area contributed by atoms with Crippen LogP contribution in [0.3, 0.4) is 0 Å². The smallest absolute Gasteiger partial charge is 0.318 e. The Labute approximate surface area is 244 Å². The molecule has 4 fully saturated rings. The van der Waals surface area contributed by atoms with Crippen molar-refractivity contribution in [1.29, 1.82) is 0 Å². The number of hydrogen-bond donors (Lipinski definition) is 1. The summed E-state index contributed by atoms with van der Waals surface area (Å²) < 4.78 is 34.0. The van der Waals surface area contributed by atoms with Gasteiger partial charge in [-0.2, -0.15) is 9.97 Å². The van der Waals surface area contributed by atoms with E-state index in [-0.39, 0.29) is 22.8 Å². The number of nitrogens with zero attached hydrogens (tertiary/aromatic N) is 5. The van der Waals surface area contributed by atoms with Crippen LogP contribution in [0.4, 0.5) is 14.6 Å². The molecule has 42 heavy (non-hydrogen) atoms. The Morgan fingerprint density at radius 3 is 2.69 bits per heavy atom. The molecular formula is C33H34F2N6O. The standard InChI is InChI=1S/C26H22FN5O.C7H12FN/c1-3-16-6-4-7-17-8-5-9-18(20(16)17)22-21(27)23-19(14-28-22)24(31-25(30-23)33-2)32-13-11-26(15-32)10-12-29-26;8-6-4-7-2-1-3-9(7)5-6/h1,4-9,14,29H,10-13,15H2,2H3;6-7H,1-5H2. The highest BCUT2D eigenvalue weighted by Crippen LogP contribution is 2.39. The second-order valence-corrected chi connectivity index (χ2v) is 11.8. The summed E-state index contributed by atoms with van der Waals surface area (Å²) in [6, 6.07) is 12.1. The lowest BCUT2D eigenvalue weighted by molar-refractivity contribution is 0.235. The van der Waals surface area contributed by atoms with Crippen molar-refractivity contribution in [2.75, 3.05) is 44.7 Å². The molecule has 6 heterocycles. The van der Waals surface area contributed by atoms with Gasteiger partial charge in [-0.3, -0.25) is 9.88 Å². The first-order chi connectivity index (χ1) is 20.5. The number of pyridine rings is 1. The monoisotopic (exact) mass is 568 g/mol. The number of benzene rings is 2. The number of methoxy groups -OCH3 is 1. The van der Waals surface area contributed by atoms with Gasteiger partial charge < -0.3 is 15.0 Å². The minimum absolute atomic E-state index is 0.130. The molecule has 2 aromatic heterocycles. The van der Waals surface area contributed by atoms with Crippen molar-refractivity contribution in [1.82, 2.24) is 25.2 Å². The van der Waals surface area contributed by atoms with Gasteiger partial charge in [0.25, 0.3) is 0 Å². The Balaban J connectivity index is 0.000000272. The summed E-state index contributed by atoms with van der Waals surface area (Å²) in [5, 5.41) is 5.85. The molecule has 4 saturated heterocycles. The Bertz CT molecular complexity index is 1680. The van der Waals surface area contributed by atoms with Gasteiger partial charge in [0, 0.05) is 53.9 Å². The van der Waals surface area contributed by atoms with Crippen molar-refractivity contribution in [3.05, 3.63) is 54.0 Å². The van der Waals surface area contributed by atoms with E-state index in [0.717, 1.165) is 56.2 Å². The van der Waals surface area contributed by atoms with Crippen LogP contribution in [0.5, 0.6) is 6.01 Å². The fourth-order valence-electron chi connectivity index (χ4n) is 7.11. The zero-order valence-electron chi connectivity index (χ0n) is 23.7. The zero-order valence-corrected chi connectivity index (χ0v) is 23.7. The van der Waals surface area contributed by atoms with Gasteiger partial charge in [-0.1, -0.05) is 36.3 Å². The van der Waals surface area contributed by atoms with Crippen LogP contribution in [-0.4, -0.2) is 77.4 Å². The van der Waals surface area contributed by atoms with E-state index in [2.05, 4.69) is 36.0 Å². The topological polar surface area (TPSA) is 66.4 Å². The first-order valence-corrected chi connectivity index (χ1v) is 14.8. The fourth-order valence-corrected chi connectivity index (χ4v) is 7.11.